The van der Waals surface area contributed by atoms with Crippen LogP contribution in [0, 0.1) is 17.8 Å². The van der Waals surface area contributed by atoms with Crippen molar-refractivity contribution in [1.29, 1.82) is 0 Å². The first kappa shape index (κ1) is 10.7. The molecule has 1 aliphatic carbocycles. The molecule has 2 nitrogen and oxygen atoms in total. The predicted molar refractivity (Wildman–Crippen MR) is 60.4 cm³/mol. The van der Waals surface area contributed by atoms with Crippen molar-refractivity contribution in [2.75, 3.05) is 0 Å². The number of carbonyl (C=O) groups excluding carboxylic acids is 1. The number of nitrogens with one attached hydrogen (secondary N) is 1. The van der Waals surface area contributed by atoms with Gasteiger partial charge in [-0.05, 0) is 32.1 Å². The number of rotatable bonds is 2. The van der Waals surface area contributed by atoms with E-state index < -0.39 is 0 Å². The second kappa shape index (κ2) is 4.81. The minimum absolute atomic E-state index is 0.0962. The van der Waals surface area contributed by atoms with E-state index in [-0.39, 0.29) is 6.04 Å². The van der Waals surface area contributed by atoms with Crippen LogP contribution in [-0.2, 0) is 4.79 Å². The van der Waals surface area contributed by atoms with Gasteiger partial charge < -0.3 is 5.32 Å². The molecule has 0 spiro atoms. The van der Waals surface area contributed by atoms with E-state index in [2.05, 4.69) is 17.2 Å². The molecule has 0 radical (unpaired) electrons. The zero-order valence-corrected chi connectivity index (χ0v) is 9.38. The highest BCUT2D eigenvalue weighted by molar-refractivity contribution is 5.86. The number of Topliss-reactive ketones (excluding diaryl/α,β-unsaturated/α-hetero) is 1. The van der Waals surface area contributed by atoms with E-state index >= 15 is 0 Å². The van der Waals surface area contributed by atoms with E-state index in [9.17, 15) is 4.79 Å². The molecular formula is C13H19NO. The minimum atomic E-state index is 0.0962. The van der Waals surface area contributed by atoms with Gasteiger partial charge in [-0.3, -0.25) is 4.79 Å². The second-order valence-electron chi connectivity index (χ2n) is 4.68. The SMILES string of the molecule is CC#CCC(=O)C1CC2CCCCC2N1. The van der Waals surface area contributed by atoms with Gasteiger partial charge in [0.1, 0.15) is 0 Å². The van der Waals surface area contributed by atoms with Crippen LogP contribution in [0.5, 0.6) is 0 Å². The first-order valence-corrected chi connectivity index (χ1v) is 5.99. The highest BCUT2D eigenvalue weighted by Gasteiger charge is 2.37. The van der Waals surface area contributed by atoms with Crippen LogP contribution in [0.25, 0.3) is 0 Å². The summed E-state index contributed by atoms with van der Waals surface area (Å²) >= 11 is 0. The highest BCUT2D eigenvalue weighted by atomic mass is 16.1. The third-order valence-corrected chi connectivity index (χ3v) is 3.69. The van der Waals surface area contributed by atoms with E-state index in [0.717, 1.165) is 12.3 Å². The summed E-state index contributed by atoms with van der Waals surface area (Å²) in [6.45, 7) is 1.79. The van der Waals surface area contributed by atoms with Gasteiger partial charge in [-0.15, -0.1) is 5.92 Å². The summed E-state index contributed by atoms with van der Waals surface area (Å²) in [4.78, 5) is 11.8. The predicted octanol–water partition coefficient (Wildman–Crippen LogP) is 1.89. The van der Waals surface area contributed by atoms with Crippen molar-refractivity contribution in [2.24, 2.45) is 5.92 Å². The Hall–Kier alpha value is -0.810. The standard InChI is InChI=1S/C13H19NO/c1-2-3-8-13(15)12-9-10-6-4-5-7-11(10)14-12/h10-12,14H,4-9H2,1H3. The molecule has 0 aromatic rings. The molecular weight excluding hydrogens is 186 g/mol. The molecule has 0 bridgehead atoms. The molecule has 3 atom stereocenters. The third kappa shape index (κ3) is 2.41. The van der Waals surface area contributed by atoms with E-state index in [1.807, 2.05) is 0 Å². The highest BCUT2D eigenvalue weighted by Crippen LogP contribution is 2.33. The molecule has 2 aliphatic rings. The Morgan fingerprint density at radius 3 is 2.93 bits per heavy atom. The van der Waals surface area contributed by atoms with Gasteiger partial charge in [0.25, 0.3) is 0 Å². The van der Waals surface area contributed by atoms with Crippen molar-refractivity contribution in [2.45, 2.75) is 57.5 Å². The monoisotopic (exact) mass is 205 g/mol. The van der Waals surface area contributed by atoms with E-state index in [1.165, 1.54) is 25.7 Å². The Labute approximate surface area is 91.8 Å². The lowest BCUT2D eigenvalue weighted by atomic mass is 9.85. The van der Waals surface area contributed by atoms with Crippen LogP contribution >= 0.6 is 0 Å². The largest absolute Gasteiger partial charge is 0.304 e. The van der Waals surface area contributed by atoms with Gasteiger partial charge in [0.05, 0.1) is 12.5 Å². The molecule has 82 valence electrons. The molecule has 1 heterocycles. The zero-order valence-electron chi connectivity index (χ0n) is 9.38. The molecule has 2 fully saturated rings. The molecule has 3 unspecified atom stereocenters. The number of fused-ring (bicyclic) bond motifs is 1. The van der Waals surface area contributed by atoms with Gasteiger partial charge >= 0.3 is 0 Å². The van der Waals surface area contributed by atoms with Crippen LogP contribution in [0.4, 0.5) is 0 Å². The topological polar surface area (TPSA) is 29.1 Å². The van der Waals surface area contributed by atoms with Gasteiger partial charge in [0, 0.05) is 6.04 Å². The molecule has 1 aliphatic heterocycles. The van der Waals surface area contributed by atoms with Gasteiger partial charge in [-0.1, -0.05) is 18.8 Å². The van der Waals surface area contributed by atoms with Crippen LogP contribution in [0.1, 0.15) is 45.4 Å². The van der Waals surface area contributed by atoms with Gasteiger partial charge in [0.15, 0.2) is 5.78 Å². The van der Waals surface area contributed by atoms with Crippen LogP contribution in [0.3, 0.4) is 0 Å². The van der Waals surface area contributed by atoms with E-state index in [4.69, 9.17) is 0 Å². The first-order valence-electron chi connectivity index (χ1n) is 5.99. The molecule has 1 saturated carbocycles. The van der Waals surface area contributed by atoms with Gasteiger partial charge in [-0.2, -0.15) is 0 Å². The summed E-state index contributed by atoms with van der Waals surface area (Å²) in [5, 5.41) is 3.48. The van der Waals surface area contributed by atoms with Crippen LogP contribution < -0.4 is 5.32 Å². The number of ketones is 1. The lowest BCUT2D eigenvalue weighted by molar-refractivity contribution is -0.119. The van der Waals surface area contributed by atoms with Gasteiger partial charge in [0.2, 0.25) is 0 Å². The lowest BCUT2D eigenvalue weighted by Gasteiger charge is -2.24. The van der Waals surface area contributed by atoms with Crippen molar-refractivity contribution in [3.63, 3.8) is 0 Å². The fourth-order valence-corrected chi connectivity index (χ4v) is 2.86. The Bertz CT molecular complexity index is 285. The first-order chi connectivity index (χ1) is 7.31. The Morgan fingerprint density at radius 2 is 2.20 bits per heavy atom. The fourth-order valence-electron chi connectivity index (χ4n) is 2.86. The minimum Gasteiger partial charge on any atom is -0.304 e. The average Bonchev–Trinajstić information content (AvgIpc) is 2.69. The van der Waals surface area contributed by atoms with Gasteiger partial charge in [-0.25, -0.2) is 0 Å². The maximum absolute atomic E-state index is 11.8. The average molecular weight is 205 g/mol. The molecule has 2 heteroatoms. The summed E-state index contributed by atoms with van der Waals surface area (Å²) in [5.41, 5.74) is 0. The number of hydrogen-bond donors (Lipinski definition) is 1. The normalized spacial score (nSPS) is 34.1. The van der Waals surface area contributed by atoms with Crippen molar-refractivity contribution < 1.29 is 4.79 Å². The molecule has 1 N–H and O–H groups in total. The van der Waals surface area contributed by atoms with Crippen molar-refractivity contribution >= 4 is 5.78 Å². The molecule has 1 saturated heterocycles. The molecule has 2 rings (SSSR count). The third-order valence-electron chi connectivity index (χ3n) is 3.69. The Kier molecular flexibility index (Phi) is 3.43. The van der Waals surface area contributed by atoms with Crippen molar-refractivity contribution in [3.05, 3.63) is 0 Å². The molecule has 0 amide bonds. The molecule has 15 heavy (non-hydrogen) atoms. The van der Waals surface area contributed by atoms with E-state index in [1.54, 1.807) is 6.92 Å². The Balaban J connectivity index is 1.89. The van der Waals surface area contributed by atoms with Crippen molar-refractivity contribution in [3.8, 4) is 11.8 Å². The number of carbonyl (C=O) groups is 1. The molecule has 0 aromatic carbocycles. The maximum Gasteiger partial charge on any atom is 0.161 e. The summed E-state index contributed by atoms with van der Waals surface area (Å²) in [6, 6.07) is 0.709. The number of hydrogen-bond acceptors (Lipinski definition) is 2. The van der Waals surface area contributed by atoms with Crippen LogP contribution in [0.15, 0.2) is 0 Å². The van der Waals surface area contributed by atoms with E-state index in [0.29, 0.717) is 18.2 Å². The smallest absolute Gasteiger partial charge is 0.161 e. The molecule has 0 aromatic heterocycles. The summed E-state index contributed by atoms with van der Waals surface area (Å²) in [5.74, 6) is 6.70. The summed E-state index contributed by atoms with van der Waals surface area (Å²) < 4.78 is 0. The summed E-state index contributed by atoms with van der Waals surface area (Å²) in [7, 11) is 0. The fraction of sp³-hybridized carbons (Fsp3) is 0.769. The maximum atomic E-state index is 11.8. The zero-order chi connectivity index (χ0) is 10.7. The quantitative estimate of drug-likeness (QED) is 0.697. The Morgan fingerprint density at radius 1 is 1.40 bits per heavy atom. The van der Waals surface area contributed by atoms with Crippen LogP contribution in [-0.4, -0.2) is 17.9 Å². The summed E-state index contributed by atoms with van der Waals surface area (Å²) in [6.07, 6.45) is 6.71. The van der Waals surface area contributed by atoms with Crippen molar-refractivity contribution in [1.82, 2.24) is 5.32 Å². The van der Waals surface area contributed by atoms with Crippen LogP contribution in [0.2, 0.25) is 0 Å². The lowest BCUT2D eigenvalue weighted by Crippen LogP contribution is -2.36. The second-order valence-corrected chi connectivity index (χ2v) is 4.68.